The first-order valence-electron chi connectivity index (χ1n) is 15.7. The van der Waals surface area contributed by atoms with Crippen molar-refractivity contribution in [3.8, 4) is 22.9 Å². The number of para-hydroxylation sites is 1. The van der Waals surface area contributed by atoms with Crippen LogP contribution in [0, 0.1) is 0 Å². The van der Waals surface area contributed by atoms with Gasteiger partial charge >= 0.3 is 6.18 Å². The number of H-pyrrole nitrogens is 1. The molecule has 2 atom stereocenters. The number of nitrogens with zero attached hydrogens (tertiary/aromatic N) is 6. The molecular weight excluding hydrogens is 637 g/mol. The molecule has 49 heavy (non-hydrogen) atoms. The Kier molecular flexibility index (Phi) is 8.63. The van der Waals surface area contributed by atoms with E-state index in [0.717, 1.165) is 21.2 Å². The van der Waals surface area contributed by atoms with Crippen molar-refractivity contribution >= 4 is 27.8 Å². The van der Waals surface area contributed by atoms with Crippen LogP contribution >= 0.6 is 0 Å². The number of likely N-dealkylation sites (tertiary alicyclic amines) is 1. The second-order valence-corrected chi connectivity index (χ2v) is 11.8. The molecule has 4 aromatic heterocycles. The maximum absolute atomic E-state index is 14.2. The van der Waals surface area contributed by atoms with Crippen LogP contribution in [0.15, 0.2) is 79.1 Å². The second-order valence-electron chi connectivity index (χ2n) is 11.8. The molecule has 1 aliphatic heterocycles. The number of alkyl halides is 3. The molecule has 6 aromatic rings. The highest BCUT2D eigenvalue weighted by molar-refractivity contribution is 5.86. The lowest BCUT2D eigenvalue weighted by Gasteiger charge is -2.39. The van der Waals surface area contributed by atoms with Crippen molar-refractivity contribution in [3.63, 3.8) is 0 Å². The van der Waals surface area contributed by atoms with Gasteiger partial charge in [0.25, 0.3) is 0 Å². The molecule has 1 fully saturated rings. The van der Waals surface area contributed by atoms with Gasteiger partial charge in [-0.15, -0.1) is 0 Å². The van der Waals surface area contributed by atoms with E-state index in [2.05, 4.69) is 25.3 Å². The number of piperidine rings is 1. The van der Waals surface area contributed by atoms with Crippen LogP contribution < -0.4 is 14.8 Å². The summed E-state index contributed by atoms with van der Waals surface area (Å²) in [5.41, 5.74) is 3.23. The van der Waals surface area contributed by atoms with Gasteiger partial charge in [-0.3, -0.25) is 9.78 Å². The predicted octanol–water partition coefficient (Wildman–Crippen LogP) is 5.93. The zero-order valence-corrected chi connectivity index (χ0v) is 26.7. The minimum absolute atomic E-state index is 0.0226. The second kappa shape index (κ2) is 13.2. The third-order valence-corrected chi connectivity index (χ3v) is 8.81. The highest BCUT2D eigenvalue weighted by atomic mass is 19.4. The number of carbonyl (C=O) groups is 1. The molecule has 1 saturated heterocycles. The summed E-state index contributed by atoms with van der Waals surface area (Å²) in [6, 6.07) is 19.2. The fraction of sp³-hybridized carbons (Fsp3) is 0.286. The maximum atomic E-state index is 14.2. The van der Waals surface area contributed by atoms with E-state index >= 15 is 0 Å². The molecule has 2 N–H and O–H groups in total. The smallest absolute Gasteiger partial charge is 0.449 e. The van der Waals surface area contributed by atoms with E-state index in [0.29, 0.717) is 48.1 Å². The van der Waals surface area contributed by atoms with Gasteiger partial charge < -0.3 is 29.2 Å². The minimum Gasteiger partial charge on any atom is -0.497 e. The molecule has 1 aliphatic rings. The van der Waals surface area contributed by atoms with Crippen LogP contribution in [0.4, 0.5) is 13.2 Å². The lowest BCUT2D eigenvalue weighted by atomic mass is 9.96. The molecule has 2 aromatic carbocycles. The van der Waals surface area contributed by atoms with Crippen molar-refractivity contribution in [3.05, 3.63) is 96.5 Å². The SMILES string of the molecule is COc1ccc2nc(C(F)(F)F)n(CC(=O)N3CC[C@H](NCc4ccccn4)C[C@H]3c3ncc(-c4cc5ccccc5nc4OC)[nH]3)c2c1. The summed E-state index contributed by atoms with van der Waals surface area (Å²) in [6.07, 6.45) is -0.350. The molecule has 7 rings (SSSR count). The zero-order valence-electron chi connectivity index (χ0n) is 26.7. The van der Waals surface area contributed by atoms with Gasteiger partial charge in [0.05, 0.1) is 60.0 Å². The largest absolute Gasteiger partial charge is 0.497 e. The van der Waals surface area contributed by atoms with E-state index in [1.165, 1.54) is 25.3 Å². The van der Waals surface area contributed by atoms with Crippen LogP contribution in [-0.4, -0.2) is 67.1 Å². The van der Waals surface area contributed by atoms with Crippen LogP contribution in [-0.2, 0) is 24.1 Å². The Labute approximate surface area is 279 Å². The standard InChI is InChI=1S/C35H33F3N8O3/c1-48-24-10-11-27-29(17-24)46(34(44-27)35(36,37)38)20-31(47)45-14-12-22(40-18-23-8-5-6-13-39-23)16-30(45)32-41-19-28(42-32)25-15-21-7-3-4-9-26(21)43-33(25)49-2/h3-11,13,15,17,19,22,30,40H,12,14,16,18,20H2,1-2H3,(H,41,42)/t22-,30-/m0/s1. The first kappa shape index (κ1) is 32.1. The monoisotopic (exact) mass is 670 g/mol. The number of hydrogen-bond donors (Lipinski definition) is 2. The van der Waals surface area contributed by atoms with Crippen LogP contribution in [0.5, 0.6) is 11.6 Å². The Morgan fingerprint density at radius 3 is 2.61 bits per heavy atom. The summed E-state index contributed by atoms with van der Waals surface area (Å²) in [5.74, 6) is -0.389. The topological polar surface area (TPSA) is 123 Å². The summed E-state index contributed by atoms with van der Waals surface area (Å²) in [5, 5.41) is 4.44. The molecule has 0 bridgehead atoms. The molecule has 0 radical (unpaired) electrons. The Bertz CT molecular complexity index is 2110. The number of halogens is 3. The maximum Gasteiger partial charge on any atom is 0.449 e. The predicted molar refractivity (Wildman–Crippen MR) is 176 cm³/mol. The van der Waals surface area contributed by atoms with Gasteiger partial charge in [0.15, 0.2) is 0 Å². The summed E-state index contributed by atoms with van der Waals surface area (Å²) >= 11 is 0. The lowest BCUT2D eigenvalue weighted by Crippen LogP contribution is -2.48. The number of hydrogen-bond acceptors (Lipinski definition) is 8. The fourth-order valence-corrected chi connectivity index (χ4v) is 6.38. The van der Waals surface area contributed by atoms with Crippen molar-refractivity contribution in [1.29, 1.82) is 0 Å². The number of ether oxygens (including phenoxy) is 2. The number of amides is 1. The van der Waals surface area contributed by atoms with E-state index in [4.69, 9.17) is 14.5 Å². The zero-order chi connectivity index (χ0) is 34.1. The average Bonchev–Trinajstić information content (AvgIpc) is 3.76. The van der Waals surface area contributed by atoms with Crippen LogP contribution in [0.1, 0.15) is 36.2 Å². The van der Waals surface area contributed by atoms with Gasteiger partial charge in [-0.25, -0.2) is 15.0 Å². The lowest BCUT2D eigenvalue weighted by molar-refractivity contribution is -0.148. The third-order valence-electron chi connectivity index (χ3n) is 8.81. The third kappa shape index (κ3) is 6.51. The molecule has 1 amide bonds. The Morgan fingerprint density at radius 2 is 1.84 bits per heavy atom. The number of methoxy groups -OCH3 is 2. The number of aromatic nitrogens is 6. The highest BCUT2D eigenvalue weighted by Gasteiger charge is 2.40. The summed E-state index contributed by atoms with van der Waals surface area (Å²) in [6.45, 7) is 0.238. The van der Waals surface area contributed by atoms with Crippen LogP contribution in [0.3, 0.4) is 0 Å². The first-order chi connectivity index (χ1) is 23.7. The van der Waals surface area contributed by atoms with Gasteiger partial charge in [-0.05, 0) is 49.2 Å². The molecule has 11 nitrogen and oxygen atoms in total. The number of benzene rings is 2. The fourth-order valence-electron chi connectivity index (χ4n) is 6.38. The number of carbonyl (C=O) groups excluding carboxylic acids is 1. The molecule has 5 heterocycles. The highest BCUT2D eigenvalue weighted by Crippen LogP contribution is 2.36. The van der Waals surface area contributed by atoms with Crippen molar-refractivity contribution in [2.75, 3.05) is 20.8 Å². The Hall–Kier alpha value is -5.50. The van der Waals surface area contributed by atoms with Crippen molar-refractivity contribution < 1.29 is 27.4 Å². The first-order valence-corrected chi connectivity index (χ1v) is 15.7. The number of nitrogens with one attached hydrogen (secondary N) is 2. The van der Waals surface area contributed by atoms with Crippen LogP contribution in [0.2, 0.25) is 0 Å². The molecule has 0 saturated carbocycles. The Balaban J connectivity index is 1.22. The quantitative estimate of drug-likeness (QED) is 0.194. The number of imidazole rings is 2. The van der Waals surface area contributed by atoms with E-state index in [1.807, 2.05) is 48.5 Å². The van der Waals surface area contributed by atoms with Gasteiger partial charge in [0, 0.05) is 36.8 Å². The van der Waals surface area contributed by atoms with Gasteiger partial charge in [-0.1, -0.05) is 24.3 Å². The van der Waals surface area contributed by atoms with Crippen molar-refractivity contribution in [1.82, 2.24) is 39.7 Å². The summed E-state index contributed by atoms with van der Waals surface area (Å²) in [7, 11) is 2.97. The van der Waals surface area contributed by atoms with Gasteiger partial charge in [-0.2, -0.15) is 13.2 Å². The van der Waals surface area contributed by atoms with Gasteiger partial charge in [0.2, 0.25) is 17.6 Å². The summed E-state index contributed by atoms with van der Waals surface area (Å²) < 4.78 is 54.4. The molecule has 252 valence electrons. The Morgan fingerprint density at radius 1 is 1.00 bits per heavy atom. The number of pyridine rings is 2. The van der Waals surface area contributed by atoms with E-state index in [1.54, 1.807) is 24.4 Å². The van der Waals surface area contributed by atoms with Crippen molar-refractivity contribution in [2.45, 2.75) is 44.2 Å². The minimum atomic E-state index is -4.78. The van der Waals surface area contributed by atoms with E-state index in [-0.39, 0.29) is 23.6 Å². The number of aromatic amines is 1. The van der Waals surface area contributed by atoms with E-state index < -0.39 is 30.5 Å². The normalized spacial score (nSPS) is 16.7. The molecular formula is C35H33F3N8O3. The molecule has 0 unspecified atom stereocenters. The van der Waals surface area contributed by atoms with Gasteiger partial charge in [0.1, 0.15) is 18.1 Å². The molecule has 0 spiro atoms. The van der Waals surface area contributed by atoms with E-state index in [9.17, 15) is 18.0 Å². The molecule has 14 heteroatoms. The average molecular weight is 671 g/mol. The number of rotatable bonds is 9. The van der Waals surface area contributed by atoms with Crippen LogP contribution in [0.25, 0.3) is 33.2 Å². The molecule has 0 aliphatic carbocycles. The number of fused-ring (bicyclic) bond motifs is 2. The summed E-state index contributed by atoms with van der Waals surface area (Å²) in [4.78, 5) is 36.7. The van der Waals surface area contributed by atoms with Crippen molar-refractivity contribution in [2.24, 2.45) is 0 Å².